The van der Waals surface area contributed by atoms with E-state index >= 15 is 0 Å². The highest BCUT2D eigenvalue weighted by Gasteiger charge is 2.53. The predicted octanol–water partition coefficient (Wildman–Crippen LogP) is 0.924. The van der Waals surface area contributed by atoms with Gasteiger partial charge in [-0.2, -0.15) is 8.42 Å². The number of fused-ring (bicyclic) bond motifs is 1. The Bertz CT molecular complexity index is 834. The molecule has 3 rings (SSSR count). The van der Waals surface area contributed by atoms with Crippen molar-refractivity contribution in [2.24, 2.45) is 4.99 Å². The van der Waals surface area contributed by atoms with E-state index in [9.17, 15) is 19.5 Å². The third-order valence-electron chi connectivity index (χ3n) is 4.42. The molecule has 1 saturated heterocycles. The van der Waals surface area contributed by atoms with E-state index in [2.05, 4.69) is 4.99 Å². The highest BCUT2D eigenvalue weighted by molar-refractivity contribution is 8.00. The van der Waals surface area contributed by atoms with Crippen molar-refractivity contribution < 1.29 is 41.8 Å². The molecule has 2 atom stereocenters. The number of carboxylic acid groups (broad SMARTS) is 1. The lowest BCUT2D eigenvalue weighted by Crippen LogP contribution is -2.64. The molecule has 162 valence electrons. The maximum Gasteiger partial charge on any atom is 0.394 e. The number of amides is 1. The summed E-state index contributed by atoms with van der Waals surface area (Å²) >= 11 is 1.48. The third-order valence-corrected chi connectivity index (χ3v) is 5.75. The Labute approximate surface area is 171 Å². The summed E-state index contributed by atoms with van der Waals surface area (Å²) < 4.78 is 36.5. The van der Waals surface area contributed by atoms with E-state index in [-0.39, 0.29) is 23.6 Å². The molecular weight excluding hydrogens is 428 g/mol. The topological polar surface area (TPSA) is 171 Å². The number of carboxylic acids is 1. The molecule has 2 fully saturated rings. The van der Waals surface area contributed by atoms with Gasteiger partial charge in [0, 0.05) is 24.0 Å². The monoisotopic (exact) mass is 450 g/mol. The van der Waals surface area contributed by atoms with Crippen LogP contribution in [0.1, 0.15) is 39.0 Å². The van der Waals surface area contributed by atoms with Crippen LogP contribution in [-0.4, -0.2) is 74.9 Å². The first-order chi connectivity index (χ1) is 13.5. The van der Waals surface area contributed by atoms with Crippen molar-refractivity contribution in [2.45, 2.75) is 50.4 Å². The number of nitrogens with zero attached hydrogens (tertiary/aromatic N) is 2. The van der Waals surface area contributed by atoms with Crippen LogP contribution in [0.3, 0.4) is 0 Å². The maximum atomic E-state index is 12.5. The second-order valence-electron chi connectivity index (χ2n) is 6.60. The Hall–Kier alpha value is -1.96. The summed E-state index contributed by atoms with van der Waals surface area (Å²) in [6.07, 6.45) is 5.27. The molecule has 0 aromatic rings. The number of hydrogen-bond acceptors (Lipinski definition) is 8. The van der Waals surface area contributed by atoms with Crippen molar-refractivity contribution in [2.75, 3.05) is 12.4 Å². The number of aliphatic carboxylic acids is 1. The molecule has 0 radical (unpaired) electrons. The minimum absolute atomic E-state index is 0.0508. The summed E-state index contributed by atoms with van der Waals surface area (Å²) in [4.78, 5) is 40.9. The van der Waals surface area contributed by atoms with E-state index < -0.39 is 28.4 Å². The molecule has 0 bridgehead atoms. The summed E-state index contributed by atoms with van der Waals surface area (Å²) in [5.74, 6) is -1.50. The number of carbonyl (C=O) groups is 3. The molecule has 2 heterocycles. The molecule has 29 heavy (non-hydrogen) atoms. The SMILES string of the molecule is CC(=O)OCC1=C(C(=O)O)N2C(=O)C(N=C3CCCCC3)[C@H]2SC1.O=S(=O)(O)O. The van der Waals surface area contributed by atoms with E-state index in [1.165, 1.54) is 30.0 Å². The van der Waals surface area contributed by atoms with Gasteiger partial charge in [0.25, 0.3) is 5.91 Å². The van der Waals surface area contributed by atoms with Crippen LogP contribution in [0.4, 0.5) is 0 Å². The first kappa shape index (κ1) is 23.3. The van der Waals surface area contributed by atoms with Crippen LogP contribution in [0.25, 0.3) is 0 Å². The van der Waals surface area contributed by atoms with E-state index in [1.54, 1.807) is 0 Å². The second-order valence-corrected chi connectivity index (χ2v) is 8.60. The number of thioether (sulfide) groups is 1. The minimum atomic E-state index is -4.67. The molecule has 3 N–H and O–H groups in total. The Morgan fingerprint density at radius 1 is 1.24 bits per heavy atom. The molecule has 1 aliphatic carbocycles. The summed E-state index contributed by atoms with van der Waals surface area (Å²) in [7, 11) is -4.67. The second kappa shape index (κ2) is 9.69. The van der Waals surface area contributed by atoms with Crippen molar-refractivity contribution >= 4 is 45.7 Å². The zero-order valence-corrected chi connectivity index (χ0v) is 17.2. The van der Waals surface area contributed by atoms with Crippen LogP contribution >= 0.6 is 11.8 Å². The summed E-state index contributed by atoms with van der Waals surface area (Å²) in [5.41, 5.74) is 1.48. The molecule has 0 spiro atoms. The number of rotatable bonds is 4. The number of β-lactam (4-membered cyclic amide) rings is 1. The van der Waals surface area contributed by atoms with Gasteiger partial charge >= 0.3 is 22.3 Å². The average Bonchev–Trinajstić information content (AvgIpc) is 2.62. The average molecular weight is 450 g/mol. The molecule has 13 heteroatoms. The first-order valence-corrected chi connectivity index (χ1v) is 11.2. The fourth-order valence-corrected chi connectivity index (χ4v) is 4.54. The number of hydrogen-bond donors (Lipinski definition) is 3. The fourth-order valence-electron chi connectivity index (χ4n) is 3.23. The van der Waals surface area contributed by atoms with Crippen LogP contribution in [0, 0.1) is 0 Å². The first-order valence-electron chi connectivity index (χ1n) is 8.78. The van der Waals surface area contributed by atoms with Gasteiger partial charge in [-0.3, -0.25) is 28.6 Å². The number of carbonyl (C=O) groups excluding carboxylic acids is 2. The van der Waals surface area contributed by atoms with Gasteiger partial charge in [-0.15, -0.1) is 11.8 Å². The maximum absolute atomic E-state index is 12.5. The normalized spacial score (nSPS) is 24.0. The summed E-state index contributed by atoms with van der Waals surface area (Å²) in [6.45, 7) is 1.17. The number of esters is 1. The largest absolute Gasteiger partial charge is 0.477 e. The Morgan fingerprint density at radius 2 is 1.83 bits per heavy atom. The molecule has 0 aromatic heterocycles. The molecule has 0 aromatic carbocycles. The zero-order valence-electron chi connectivity index (χ0n) is 15.6. The van der Waals surface area contributed by atoms with E-state index in [1.807, 2.05) is 0 Å². The van der Waals surface area contributed by atoms with E-state index in [4.69, 9.17) is 22.3 Å². The van der Waals surface area contributed by atoms with Crippen LogP contribution in [0.15, 0.2) is 16.3 Å². The number of aliphatic imine (C=N–C) groups is 1. The van der Waals surface area contributed by atoms with E-state index in [0.717, 1.165) is 31.4 Å². The molecule has 3 aliphatic rings. The van der Waals surface area contributed by atoms with Gasteiger partial charge < -0.3 is 9.84 Å². The Balaban J connectivity index is 0.000000537. The van der Waals surface area contributed by atoms with Gasteiger partial charge in [-0.25, -0.2) is 4.79 Å². The Morgan fingerprint density at radius 3 is 2.34 bits per heavy atom. The molecule has 11 nitrogen and oxygen atoms in total. The van der Waals surface area contributed by atoms with Gasteiger partial charge in [-0.05, 0) is 25.7 Å². The lowest BCUT2D eigenvalue weighted by Gasteiger charge is -2.48. The van der Waals surface area contributed by atoms with Crippen molar-refractivity contribution in [3.05, 3.63) is 11.3 Å². The summed E-state index contributed by atoms with van der Waals surface area (Å²) in [5, 5.41) is 9.22. The van der Waals surface area contributed by atoms with Gasteiger partial charge in [0.05, 0.1) is 0 Å². The molecule has 2 aliphatic heterocycles. The van der Waals surface area contributed by atoms with Crippen molar-refractivity contribution in [1.29, 1.82) is 0 Å². The highest BCUT2D eigenvalue weighted by Crippen LogP contribution is 2.42. The lowest BCUT2D eigenvalue weighted by atomic mass is 9.97. The predicted molar refractivity (Wildman–Crippen MR) is 103 cm³/mol. The minimum Gasteiger partial charge on any atom is -0.477 e. The zero-order chi connectivity index (χ0) is 21.8. The molecule has 1 unspecified atom stereocenters. The summed E-state index contributed by atoms with van der Waals surface area (Å²) in [6, 6.07) is -0.479. The van der Waals surface area contributed by atoms with Gasteiger partial charge in [0.1, 0.15) is 17.7 Å². The third kappa shape index (κ3) is 6.52. The van der Waals surface area contributed by atoms with Crippen molar-refractivity contribution in [1.82, 2.24) is 4.90 Å². The number of ether oxygens (including phenoxy) is 1. The molecular formula is C16H22N2O9S2. The van der Waals surface area contributed by atoms with Crippen LogP contribution in [0.5, 0.6) is 0 Å². The van der Waals surface area contributed by atoms with Crippen LogP contribution in [0.2, 0.25) is 0 Å². The van der Waals surface area contributed by atoms with E-state index in [0.29, 0.717) is 11.3 Å². The highest BCUT2D eigenvalue weighted by atomic mass is 32.3. The van der Waals surface area contributed by atoms with Gasteiger partial charge in [-0.1, -0.05) is 6.42 Å². The van der Waals surface area contributed by atoms with Gasteiger partial charge in [0.15, 0.2) is 6.04 Å². The smallest absolute Gasteiger partial charge is 0.394 e. The Kier molecular flexibility index (Phi) is 7.80. The van der Waals surface area contributed by atoms with Crippen LogP contribution in [-0.2, 0) is 29.5 Å². The van der Waals surface area contributed by atoms with Crippen LogP contribution < -0.4 is 0 Å². The quantitative estimate of drug-likeness (QED) is 0.318. The van der Waals surface area contributed by atoms with Gasteiger partial charge in [0.2, 0.25) is 0 Å². The molecule has 1 saturated carbocycles. The standard InChI is InChI=1S/C16H20N2O5S.H2O4S/c1-9(19)23-7-10-8-24-15-12(17-11-5-3-2-4-6-11)14(20)18(15)13(10)16(21)22;1-5(2,3)4/h12,15H,2-8H2,1H3,(H,21,22);(H2,1,2,3,4)/t12?,15-;/m1./s1. The lowest BCUT2D eigenvalue weighted by molar-refractivity contribution is -0.148. The van der Waals surface area contributed by atoms with Crippen molar-refractivity contribution in [3.63, 3.8) is 0 Å². The molecule has 1 amide bonds. The van der Waals surface area contributed by atoms with Crippen molar-refractivity contribution in [3.8, 4) is 0 Å². The fraction of sp³-hybridized carbons (Fsp3) is 0.625.